The van der Waals surface area contributed by atoms with Gasteiger partial charge in [0, 0.05) is 25.7 Å². The number of hydrogen-bond acceptors (Lipinski definition) is 2. The molecule has 4 nitrogen and oxygen atoms in total. The number of benzene rings is 1. The number of amides is 2. The second kappa shape index (κ2) is 6.95. The molecular formula is C14H17F4N3O. The van der Waals surface area contributed by atoms with Crippen LogP contribution < -0.4 is 10.6 Å². The molecule has 1 heterocycles. The van der Waals surface area contributed by atoms with Crippen molar-refractivity contribution >= 4 is 6.03 Å². The van der Waals surface area contributed by atoms with Crippen molar-refractivity contribution in [3.63, 3.8) is 0 Å². The van der Waals surface area contributed by atoms with Gasteiger partial charge in [0.15, 0.2) is 0 Å². The van der Waals surface area contributed by atoms with E-state index in [2.05, 4.69) is 10.6 Å². The molecule has 1 aliphatic rings. The van der Waals surface area contributed by atoms with Gasteiger partial charge in [-0.05, 0) is 24.1 Å². The minimum Gasteiger partial charge on any atom is -0.334 e. The summed E-state index contributed by atoms with van der Waals surface area (Å²) in [7, 11) is 0. The van der Waals surface area contributed by atoms with Gasteiger partial charge in [-0.2, -0.15) is 13.2 Å². The van der Waals surface area contributed by atoms with Crippen LogP contribution in [0.4, 0.5) is 22.4 Å². The average Bonchev–Trinajstić information content (AvgIpc) is 2.81. The summed E-state index contributed by atoms with van der Waals surface area (Å²) in [5.74, 6) is -0.390. The predicted molar refractivity (Wildman–Crippen MR) is 72.7 cm³/mol. The first kappa shape index (κ1) is 16.5. The van der Waals surface area contributed by atoms with Crippen molar-refractivity contribution in [1.82, 2.24) is 15.5 Å². The highest BCUT2D eigenvalue weighted by atomic mass is 19.4. The van der Waals surface area contributed by atoms with Gasteiger partial charge in [0.2, 0.25) is 0 Å². The van der Waals surface area contributed by atoms with Crippen LogP contribution in [0.2, 0.25) is 0 Å². The molecule has 1 aliphatic heterocycles. The van der Waals surface area contributed by atoms with E-state index < -0.39 is 24.6 Å². The molecule has 0 radical (unpaired) electrons. The van der Waals surface area contributed by atoms with E-state index in [0.717, 1.165) is 0 Å². The summed E-state index contributed by atoms with van der Waals surface area (Å²) in [4.78, 5) is 13.0. The molecule has 22 heavy (non-hydrogen) atoms. The fraction of sp³-hybridized carbons (Fsp3) is 0.500. The van der Waals surface area contributed by atoms with E-state index in [0.29, 0.717) is 18.5 Å². The molecule has 0 aliphatic carbocycles. The molecular weight excluding hydrogens is 302 g/mol. The van der Waals surface area contributed by atoms with Gasteiger partial charge < -0.3 is 10.6 Å². The van der Waals surface area contributed by atoms with Crippen LogP contribution in [-0.2, 0) is 6.54 Å². The highest BCUT2D eigenvalue weighted by Crippen LogP contribution is 2.19. The van der Waals surface area contributed by atoms with Crippen LogP contribution in [0.1, 0.15) is 12.0 Å². The molecule has 1 aromatic carbocycles. The largest absolute Gasteiger partial charge is 0.401 e. The van der Waals surface area contributed by atoms with Gasteiger partial charge in [0.05, 0.1) is 6.54 Å². The summed E-state index contributed by atoms with van der Waals surface area (Å²) in [6, 6.07) is 5.04. The molecule has 1 atom stereocenters. The zero-order valence-corrected chi connectivity index (χ0v) is 11.8. The lowest BCUT2D eigenvalue weighted by Crippen LogP contribution is -2.43. The molecule has 8 heteroatoms. The number of alkyl halides is 3. The first-order valence-electron chi connectivity index (χ1n) is 6.90. The zero-order valence-electron chi connectivity index (χ0n) is 11.8. The van der Waals surface area contributed by atoms with Crippen LogP contribution in [0, 0.1) is 5.82 Å². The van der Waals surface area contributed by atoms with E-state index >= 15 is 0 Å². The molecule has 1 saturated heterocycles. The first-order chi connectivity index (χ1) is 10.3. The highest BCUT2D eigenvalue weighted by Gasteiger charge is 2.34. The van der Waals surface area contributed by atoms with Crippen molar-refractivity contribution in [2.45, 2.75) is 25.2 Å². The van der Waals surface area contributed by atoms with Crippen LogP contribution in [0.15, 0.2) is 24.3 Å². The molecule has 0 bridgehead atoms. The summed E-state index contributed by atoms with van der Waals surface area (Å²) in [6.45, 7) is -0.333. The quantitative estimate of drug-likeness (QED) is 0.836. The number of hydrogen-bond donors (Lipinski definition) is 2. The number of nitrogens with zero attached hydrogens (tertiary/aromatic N) is 1. The normalized spacial score (nSPS) is 19.2. The first-order valence-corrected chi connectivity index (χ1v) is 6.90. The molecule has 1 aromatic rings. The second-order valence-electron chi connectivity index (χ2n) is 5.29. The van der Waals surface area contributed by atoms with E-state index in [1.165, 1.54) is 23.1 Å². The zero-order chi connectivity index (χ0) is 16.2. The summed E-state index contributed by atoms with van der Waals surface area (Å²) in [5.41, 5.74) is 0.611. The standard InChI is InChI=1S/C14H17F4N3O/c15-11-3-1-2-10(6-11)7-19-13(22)20-12-4-5-21(8-12)9-14(16,17)18/h1-3,6,12H,4-5,7-9H2,(H2,19,20,22). The highest BCUT2D eigenvalue weighted by molar-refractivity contribution is 5.74. The van der Waals surface area contributed by atoms with E-state index in [9.17, 15) is 22.4 Å². The Bertz CT molecular complexity index is 521. The van der Waals surface area contributed by atoms with Gasteiger partial charge in [-0.25, -0.2) is 9.18 Å². The average molecular weight is 319 g/mol. The molecule has 122 valence electrons. The Morgan fingerprint density at radius 2 is 2.14 bits per heavy atom. The predicted octanol–water partition coefficient (Wildman–Crippen LogP) is 2.26. The fourth-order valence-electron chi connectivity index (χ4n) is 2.41. The van der Waals surface area contributed by atoms with Crippen molar-refractivity contribution in [2.75, 3.05) is 19.6 Å². The number of carbonyl (C=O) groups is 1. The topological polar surface area (TPSA) is 44.4 Å². The molecule has 1 fully saturated rings. The van der Waals surface area contributed by atoms with Crippen LogP contribution in [-0.4, -0.2) is 42.8 Å². The monoisotopic (exact) mass is 319 g/mol. The minimum atomic E-state index is -4.23. The number of likely N-dealkylation sites (tertiary alicyclic amines) is 1. The minimum absolute atomic E-state index is 0.155. The van der Waals surface area contributed by atoms with Crippen molar-refractivity contribution in [1.29, 1.82) is 0 Å². The molecule has 1 unspecified atom stereocenters. The summed E-state index contributed by atoms with van der Waals surface area (Å²) >= 11 is 0. The van der Waals surface area contributed by atoms with Crippen molar-refractivity contribution in [2.24, 2.45) is 0 Å². The van der Waals surface area contributed by atoms with E-state index in [1.807, 2.05) is 0 Å². The molecule has 0 aromatic heterocycles. The van der Waals surface area contributed by atoms with Crippen molar-refractivity contribution < 1.29 is 22.4 Å². The van der Waals surface area contributed by atoms with Gasteiger partial charge in [-0.15, -0.1) is 0 Å². The van der Waals surface area contributed by atoms with Gasteiger partial charge in [-0.1, -0.05) is 12.1 Å². The van der Waals surface area contributed by atoms with Gasteiger partial charge >= 0.3 is 12.2 Å². The second-order valence-corrected chi connectivity index (χ2v) is 5.29. The lowest BCUT2D eigenvalue weighted by molar-refractivity contribution is -0.143. The Morgan fingerprint density at radius 3 is 2.82 bits per heavy atom. The van der Waals surface area contributed by atoms with Crippen LogP contribution in [0.3, 0.4) is 0 Å². The maximum Gasteiger partial charge on any atom is 0.401 e. The Kier molecular flexibility index (Phi) is 5.23. The van der Waals surface area contributed by atoms with Gasteiger partial charge in [0.1, 0.15) is 5.82 Å². The van der Waals surface area contributed by atoms with Gasteiger partial charge in [0.25, 0.3) is 0 Å². The van der Waals surface area contributed by atoms with Crippen LogP contribution >= 0.6 is 0 Å². The Morgan fingerprint density at radius 1 is 1.36 bits per heavy atom. The van der Waals surface area contributed by atoms with E-state index in [-0.39, 0.29) is 19.1 Å². The van der Waals surface area contributed by atoms with E-state index in [1.54, 1.807) is 6.07 Å². The SMILES string of the molecule is O=C(NCc1cccc(F)c1)NC1CCN(CC(F)(F)F)C1. The van der Waals surface area contributed by atoms with E-state index in [4.69, 9.17) is 0 Å². The fourth-order valence-corrected chi connectivity index (χ4v) is 2.41. The van der Waals surface area contributed by atoms with Gasteiger partial charge in [-0.3, -0.25) is 4.90 Å². The number of rotatable bonds is 4. The lowest BCUT2D eigenvalue weighted by atomic mass is 10.2. The third-order valence-electron chi connectivity index (χ3n) is 3.35. The number of nitrogens with one attached hydrogen (secondary N) is 2. The molecule has 2 rings (SSSR count). The third kappa shape index (κ3) is 5.51. The molecule has 2 N–H and O–H groups in total. The van der Waals surface area contributed by atoms with Crippen LogP contribution in [0.5, 0.6) is 0 Å². The number of halogens is 4. The Labute approximate surface area is 125 Å². The Balaban J connectivity index is 1.72. The smallest absolute Gasteiger partial charge is 0.334 e. The third-order valence-corrected chi connectivity index (χ3v) is 3.35. The summed E-state index contributed by atoms with van der Waals surface area (Å²) in [5, 5.41) is 5.19. The summed E-state index contributed by atoms with van der Waals surface area (Å²) < 4.78 is 49.8. The Hall–Kier alpha value is -1.83. The lowest BCUT2D eigenvalue weighted by Gasteiger charge is -2.18. The molecule has 0 saturated carbocycles. The molecule has 0 spiro atoms. The van der Waals surface area contributed by atoms with Crippen molar-refractivity contribution in [3.8, 4) is 0 Å². The van der Waals surface area contributed by atoms with Crippen molar-refractivity contribution in [3.05, 3.63) is 35.6 Å². The maximum atomic E-state index is 13.0. The van der Waals surface area contributed by atoms with Crippen LogP contribution in [0.25, 0.3) is 0 Å². The summed E-state index contributed by atoms with van der Waals surface area (Å²) in [6.07, 6.45) is -3.75. The number of carbonyl (C=O) groups excluding carboxylic acids is 1. The number of urea groups is 1. The maximum absolute atomic E-state index is 13.0. The molecule has 2 amide bonds.